The Labute approximate surface area is 169 Å². The van der Waals surface area contributed by atoms with E-state index < -0.39 is 15.5 Å². The number of benzene rings is 1. The molecular formula is C19H25FN4O2S2. The lowest BCUT2D eigenvalue weighted by Crippen LogP contribution is -2.20. The molecule has 1 aromatic carbocycles. The minimum absolute atomic E-state index is 0.131. The molecule has 3 N–H and O–H groups in total. The fraction of sp³-hybridized carbons (Fsp3) is 0.474. The first kappa shape index (κ1) is 21.0. The maximum Gasteiger partial charge on any atom is 0.204 e. The number of hydrogen-bond donors (Lipinski definition) is 2. The Morgan fingerprint density at radius 1 is 1.43 bits per heavy atom. The third kappa shape index (κ3) is 4.17. The molecule has 6 nitrogen and oxygen atoms in total. The van der Waals surface area contributed by atoms with Gasteiger partial charge in [0, 0.05) is 12.6 Å². The summed E-state index contributed by atoms with van der Waals surface area (Å²) in [5, 5.41) is 16.1. The van der Waals surface area contributed by atoms with Crippen molar-refractivity contribution >= 4 is 27.1 Å². The third-order valence-corrected chi connectivity index (χ3v) is 7.77. The minimum atomic E-state index is -3.30. The largest absolute Gasteiger partial charge is 0.385 e. The summed E-state index contributed by atoms with van der Waals surface area (Å²) < 4.78 is 31.4. The molecule has 28 heavy (non-hydrogen) atoms. The molecule has 0 spiro atoms. The minimum Gasteiger partial charge on any atom is -0.385 e. The van der Waals surface area contributed by atoms with Crippen LogP contribution < -0.4 is 5.14 Å². The van der Waals surface area contributed by atoms with Gasteiger partial charge in [-0.25, -0.2) is 18.7 Å². The second kappa shape index (κ2) is 7.29. The number of nitrogens with two attached hydrogens (primary N) is 1. The zero-order chi connectivity index (χ0) is 20.9. The highest BCUT2D eigenvalue weighted by Crippen LogP contribution is 2.34. The van der Waals surface area contributed by atoms with E-state index in [2.05, 4.69) is 14.3 Å². The summed E-state index contributed by atoms with van der Waals surface area (Å²) >= 11 is 1.07. The van der Waals surface area contributed by atoms with Crippen molar-refractivity contribution in [3.63, 3.8) is 0 Å². The second-order valence-electron chi connectivity index (χ2n) is 7.82. The molecule has 1 aliphatic heterocycles. The van der Waals surface area contributed by atoms with E-state index in [1.165, 1.54) is 18.3 Å². The van der Waals surface area contributed by atoms with Gasteiger partial charge < -0.3 is 5.11 Å². The lowest BCUT2D eigenvalue weighted by molar-refractivity contribution is 0.0823. The first-order chi connectivity index (χ1) is 12.9. The smallest absolute Gasteiger partial charge is 0.204 e. The average molecular weight is 425 g/mol. The highest BCUT2D eigenvalue weighted by molar-refractivity contribution is 7.93. The highest BCUT2D eigenvalue weighted by atomic mass is 32.2. The number of aliphatic hydroxyl groups is 1. The Hall–Kier alpha value is -1.68. The molecule has 0 fully saturated rings. The number of amidine groups is 1. The van der Waals surface area contributed by atoms with E-state index in [-0.39, 0.29) is 22.1 Å². The zero-order valence-electron chi connectivity index (χ0n) is 16.6. The van der Waals surface area contributed by atoms with Gasteiger partial charge in [0.25, 0.3) is 0 Å². The van der Waals surface area contributed by atoms with Crippen molar-refractivity contribution in [3.05, 3.63) is 45.7 Å². The van der Waals surface area contributed by atoms with E-state index >= 15 is 0 Å². The number of fused-ring (bicyclic) bond motifs is 1. The molecule has 0 aliphatic carbocycles. The molecule has 0 radical (unpaired) electrons. The lowest BCUT2D eigenvalue weighted by atomic mass is 9.87. The predicted molar refractivity (Wildman–Crippen MR) is 110 cm³/mol. The van der Waals surface area contributed by atoms with Crippen molar-refractivity contribution in [1.29, 1.82) is 0 Å². The highest BCUT2D eigenvalue weighted by Gasteiger charge is 2.26. The summed E-state index contributed by atoms with van der Waals surface area (Å²) in [5.74, 6) is 0.210. The Balaban J connectivity index is 2.02. The Morgan fingerprint density at radius 3 is 2.68 bits per heavy atom. The van der Waals surface area contributed by atoms with Gasteiger partial charge in [-0.3, -0.25) is 4.99 Å². The Bertz CT molecular complexity index is 1060. The molecule has 9 heteroatoms. The summed E-state index contributed by atoms with van der Waals surface area (Å²) in [4.78, 5) is 9.14. The van der Waals surface area contributed by atoms with Gasteiger partial charge >= 0.3 is 0 Å². The summed E-state index contributed by atoms with van der Waals surface area (Å²) in [6, 6.07) is 2.73. The fourth-order valence-corrected chi connectivity index (χ4v) is 5.41. The number of aromatic nitrogens is 1. The van der Waals surface area contributed by atoms with Gasteiger partial charge in [-0.1, -0.05) is 13.8 Å². The van der Waals surface area contributed by atoms with Gasteiger partial charge in [0.2, 0.25) is 4.34 Å². The molecule has 0 amide bonds. The van der Waals surface area contributed by atoms with Crippen LogP contribution in [0.25, 0.3) is 0 Å². The number of rotatable bonds is 3. The number of aliphatic imine (C=N–C) groups is 1. The normalized spacial score (nSPS) is 19.2. The van der Waals surface area contributed by atoms with Gasteiger partial charge in [0.15, 0.2) is 9.92 Å². The number of thiazole rings is 1. The van der Waals surface area contributed by atoms with E-state index in [0.717, 1.165) is 28.0 Å². The van der Waals surface area contributed by atoms with Crippen LogP contribution in [-0.4, -0.2) is 20.1 Å². The van der Waals surface area contributed by atoms with E-state index in [4.69, 9.17) is 5.14 Å². The van der Waals surface area contributed by atoms with E-state index in [1.807, 2.05) is 20.8 Å². The van der Waals surface area contributed by atoms with Crippen molar-refractivity contribution < 1.29 is 13.7 Å². The van der Waals surface area contributed by atoms with Gasteiger partial charge in [-0.05, 0) is 55.5 Å². The van der Waals surface area contributed by atoms with Crippen molar-refractivity contribution in [3.8, 4) is 0 Å². The standard InChI is InChI=1S/C19H25FN4O2S2/c1-10(2)13-6-12(20)7-14-11(3)23-17(8-15(13)14)24-28(21,26)18-22-9-16(27-18)19(4,5)25/h6-7,9-11,25H,8H2,1-5H3,(H2,21,23,24,26). The molecule has 2 heterocycles. The third-order valence-electron chi connectivity index (χ3n) is 4.61. The topological polar surface area (TPSA) is 101 Å². The monoisotopic (exact) mass is 424 g/mol. The Morgan fingerprint density at radius 2 is 2.11 bits per heavy atom. The molecule has 2 atom stereocenters. The Kier molecular flexibility index (Phi) is 5.48. The van der Waals surface area contributed by atoms with Crippen LogP contribution in [0.4, 0.5) is 4.39 Å². The fourth-order valence-electron chi connectivity index (χ4n) is 3.20. The van der Waals surface area contributed by atoms with Crippen LogP contribution in [0.2, 0.25) is 0 Å². The average Bonchev–Trinajstić information content (AvgIpc) is 3.06. The van der Waals surface area contributed by atoms with E-state index in [9.17, 15) is 13.7 Å². The maximum atomic E-state index is 14.0. The van der Waals surface area contributed by atoms with Crippen molar-refractivity contribution in [1.82, 2.24) is 4.98 Å². The van der Waals surface area contributed by atoms with Crippen molar-refractivity contribution in [2.24, 2.45) is 14.5 Å². The van der Waals surface area contributed by atoms with Crippen LogP contribution in [0.1, 0.15) is 68.1 Å². The van der Waals surface area contributed by atoms with Crippen molar-refractivity contribution in [2.45, 2.75) is 62.9 Å². The predicted octanol–water partition coefficient (Wildman–Crippen LogP) is 4.05. The van der Waals surface area contributed by atoms with Crippen molar-refractivity contribution in [2.75, 3.05) is 0 Å². The molecule has 0 bridgehead atoms. The molecule has 0 saturated heterocycles. The van der Waals surface area contributed by atoms with Crippen LogP contribution in [0, 0.1) is 5.82 Å². The molecule has 0 saturated carbocycles. The quantitative estimate of drug-likeness (QED) is 0.777. The van der Waals surface area contributed by atoms with Crippen LogP contribution in [0.15, 0.2) is 32.0 Å². The lowest BCUT2D eigenvalue weighted by Gasteiger charge is -2.24. The van der Waals surface area contributed by atoms with Gasteiger partial charge in [0.1, 0.15) is 11.7 Å². The molecule has 1 aromatic heterocycles. The molecule has 152 valence electrons. The summed E-state index contributed by atoms with van der Waals surface area (Å²) in [6.07, 6.45) is 1.80. The summed E-state index contributed by atoms with van der Waals surface area (Å²) in [7, 11) is -3.30. The first-order valence-corrected chi connectivity index (χ1v) is 11.4. The number of hydrogen-bond acceptors (Lipinski definition) is 6. The van der Waals surface area contributed by atoms with Crippen LogP contribution in [0.5, 0.6) is 0 Å². The van der Waals surface area contributed by atoms with Crippen LogP contribution in [0.3, 0.4) is 0 Å². The van der Waals surface area contributed by atoms with Crippen LogP contribution in [-0.2, 0) is 21.9 Å². The zero-order valence-corrected chi connectivity index (χ0v) is 18.2. The number of halogens is 1. The molecule has 3 rings (SSSR count). The summed E-state index contributed by atoms with van der Waals surface area (Å²) in [5.41, 5.74) is 1.58. The molecule has 2 unspecified atom stereocenters. The molecule has 2 aromatic rings. The van der Waals surface area contributed by atoms with E-state index in [1.54, 1.807) is 13.8 Å². The first-order valence-electron chi connectivity index (χ1n) is 9.01. The molecular weight excluding hydrogens is 399 g/mol. The van der Waals surface area contributed by atoms with Gasteiger partial charge in [-0.2, -0.15) is 4.36 Å². The van der Waals surface area contributed by atoms with E-state index in [0.29, 0.717) is 17.1 Å². The van der Waals surface area contributed by atoms with Gasteiger partial charge in [-0.15, -0.1) is 11.3 Å². The SMILES string of the molecule is CC(C)c1cc(F)cc2c1CC(N=S(N)(=O)c1ncc(C(C)(C)O)s1)=NC2C. The number of nitrogens with zero attached hydrogens (tertiary/aromatic N) is 3. The maximum absolute atomic E-state index is 14.0. The molecule has 1 aliphatic rings. The summed E-state index contributed by atoms with van der Waals surface area (Å²) in [6.45, 7) is 9.10. The second-order valence-corrected chi connectivity index (χ2v) is 10.8. The van der Waals surface area contributed by atoms with Gasteiger partial charge in [0.05, 0.1) is 16.5 Å². The van der Waals surface area contributed by atoms with Crippen LogP contribution >= 0.6 is 11.3 Å².